The van der Waals surface area contributed by atoms with E-state index in [-0.39, 0.29) is 5.91 Å². The zero-order valence-corrected chi connectivity index (χ0v) is 19.3. The minimum absolute atomic E-state index is 0.304. The molecule has 0 radical (unpaired) electrons. The number of thiazole rings is 1. The van der Waals surface area contributed by atoms with Gasteiger partial charge in [-0.2, -0.15) is 4.98 Å². The smallest absolute Gasteiger partial charge is 0.258 e. The molecule has 1 saturated heterocycles. The second-order valence-electron chi connectivity index (χ2n) is 7.63. The molecule has 1 aliphatic heterocycles. The molecule has 3 aromatic heterocycles. The van der Waals surface area contributed by atoms with Gasteiger partial charge in [-0.05, 0) is 30.9 Å². The molecule has 0 atom stereocenters. The number of ether oxygens (including phenoxy) is 2. The minimum atomic E-state index is -0.304. The van der Waals surface area contributed by atoms with Gasteiger partial charge in [0, 0.05) is 42.7 Å². The number of pyridine rings is 1. The van der Waals surface area contributed by atoms with Crippen LogP contribution in [0.15, 0.2) is 48.9 Å². The van der Waals surface area contributed by atoms with Crippen LogP contribution in [0.5, 0.6) is 5.75 Å². The van der Waals surface area contributed by atoms with Crippen LogP contribution in [-0.2, 0) is 4.74 Å². The molecule has 170 valence electrons. The molecule has 5 rings (SSSR count). The molecule has 4 aromatic rings. The van der Waals surface area contributed by atoms with Crippen LogP contribution in [-0.4, -0.2) is 46.2 Å². The summed E-state index contributed by atoms with van der Waals surface area (Å²) in [5.74, 6) is 7.05. The van der Waals surface area contributed by atoms with Crippen LogP contribution in [0.4, 0.5) is 5.13 Å². The van der Waals surface area contributed by atoms with Crippen molar-refractivity contribution in [2.75, 3.05) is 25.6 Å². The van der Waals surface area contributed by atoms with Crippen LogP contribution in [0.1, 0.15) is 28.9 Å². The van der Waals surface area contributed by atoms with Crippen LogP contribution < -0.4 is 10.1 Å². The lowest BCUT2D eigenvalue weighted by Crippen LogP contribution is -2.13. The number of benzene rings is 1. The zero-order valence-electron chi connectivity index (χ0n) is 18.4. The Morgan fingerprint density at radius 1 is 1.15 bits per heavy atom. The van der Waals surface area contributed by atoms with Crippen molar-refractivity contribution in [3.63, 3.8) is 0 Å². The number of nitrogens with zero attached hydrogens (tertiary/aromatic N) is 4. The Balaban J connectivity index is 1.38. The third-order valence-corrected chi connectivity index (χ3v) is 6.29. The summed E-state index contributed by atoms with van der Waals surface area (Å²) in [4.78, 5) is 31.3. The van der Waals surface area contributed by atoms with E-state index in [1.54, 1.807) is 31.8 Å². The van der Waals surface area contributed by atoms with Gasteiger partial charge in [0.25, 0.3) is 5.91 Å². The first-order valence-corrected chi connectivity index (χ1v) is 11.6. The fourth-order valence-electron chi connectivity index (χ4n) is 3.69. The van der Waals surface area contributed by atoms with Crippen molar-refractivity contribution in [3.05, 3.63) is 60.2 Å². The Kier molecular flexibility index (Phi) is 6.42. The van der Waals surface area contributed by atoms with Crippen molar-refractivity contribution in [1.82, 2.24) is 19.9 Å². The number of para-hydroxylation sites is 1. The van der Waals surface area contributed by atoms with E-state index in [0.29, 0.717) is 44.1 Å². The third kappa shape index (κ3) is 4.73. The summed E-state index contributed by atoms with van der Waals surface area (Å²) in [6.07, 6.45) is 6.72. The van der Waals surface area contributed by atoms with Crippen molar-refractivity contribution >= 4 is 32.9 Å². The van der Waals surface area contributed by atoms with Gasteiger partial charge in [-0.1, -0.05) is 35.5 Å². The van der Waals surface area contributed by atoms with Crippen molar-refractivity contribution in [2.45, 2.75) is 12.8 Å². The Bertz CT molecular complexity index is 1400. The van der Waals surface area contributed by atoms with Gasteiger partial charge in [0.2, 0.25) is 0 Å². The van der Waals surface area contributed by atoms with Crippen molar-refractivity contribution in [3.8, 4) is 28.7 Å². The number of nitrogens with one attached hydrogen (secondary N) is 1. The number of anilines is 1. The maximum absolute atomic E-state index is 13.1. The van der Waals surface area contributed by atoms with E-state index >= 15 is 0 Å². The SMILES string of the molecule is COc1ccccc1-c1cnccc1C(=O)Nc1nc2ncc(C#CC3CCOCC3)nc2s1. The fraction of sp³-hybridized carbons (Fsp3) is 0.240. The summed E-state index contributed by atoms with van der Waals surface area (Å²) in [7, 11) is 1.60. The van der Waals surface area contributed by atoms with Crippen LogP contribution in [0, 0.1) is 17.8 Å². The lowest BCUT2D eigenvalue weighted by Gasteiger charge is -2.16. The highest BCUT2D eigenvalue weighted by molar-refractivity contribution is 7.21. The molecule has 1 fully saturated rings. The lowest BCUT2D eigenvalue weighted by atomic mass is 10.0. The quantitative estimate of drug-likeness (QED) is 0.446. The maximum Gasteiger partial charge on any atom is 0.258 e. The molecular weight excluding hydrogens is 450 g/mol. The highest BCUT2D eigenvalue weighted by Gasteiger charge is 2.18. The van der Waals surface area contributed by atoms with Crippen molar-refractivity contribution in [1.29, 1.82) is 0 Å². The second kappa shape index (κ2) is 9.95. The number of hydrogen-bond acceptors (Lipinski definition) is 8. The van der Waals surface area contributed by atoms with E-state index < -0.39 is 0 Å². The molecule has 1 amide bonds. The van der Waals surface area contributed by atoms with Gasteiger partial charge in [0.15, 0.2) is 15.6 Å². The van der Waals surface area contributed by atoms with Gasteiger partial charge in [-0.15, -0.1) is 0 Å². The van der Waals surface area contributed by atoms with Crippen LogP contribution >= 0.6 is 11.3 Å². The van der Waals surface area contributed by atoms with Gasteiger partial charge >= 0.3 is 0 Å². The molecule has 8 nitrogen and oxygen atoms in total. The summed E-state index contributed by atoms with van der Waals surface area (Å²) in [5.41, 5.74) is 2.97. The average molecular weight is 472 g/mol. The van der Waals surface area contributed by atoms with Crippen molar-refractivity contribution < 1.29 is 14.3 Å². The molecule has 4 heterocycles. The van der Waals surface area contributed by atoms with E-state index in [1.807, 2.05) is 24.3 Å². The Labute approximate surface area is 200 Å². The van der Waals surface area contributed by atoms with Crippen LogP contribution in [0.3, 0.4) is 0 Å². The fourth-order valence-corrected chi connectivity index (χ4v) is 4.48. The Hall–Kier alpha value is -3.87. The second-order valence-corrected chi connectivity index (χ2v) is 8.61. The zero-order chi connectivity index (χ0) is 23.3. The maximum atomic E-state index is 13.1. The lowest BCUT2D eigenvalue weighted by molar-refractivity contribution is 0.0807. The summed E-state index contributed by atoms with van der Waals surface area (Å²) in [6, 6.07) is 9.17. The third-order valence-electron chi connectivity index (χ3n) is 5.43. The minimum Gasteiger partial charge on any atom is -0.496 e. The molecule has 0 aliphatic carbocycles. The Morgan fingerprint density at radius 3 is 2.85 bits per heavy atom. The number of amides is 1. The van der Waals surface area contributed by atoms with E-state index in [1.165, 1.54) is 11.3 Å². The highest BCUT2D eigenvalue weighted by atomic mass is 32.1. The molecule has 1 aromatic carbocycles. The van der Waals surface area contributed by atoms with Gasteiger partial charge in [0.1, 0.15) is 11.4 Å². The normalized spacial score (nSPS) is 13.8. The van der Waals surface area contributed by atoms with E-state index in [4.69, 9.17) is 9.47 Å². The topological polar surface area (TPSA) is 99.1 Å². The first-order chi connectivity index (χ1) is 16.7. The number of fused-ring (bicyclic) bond motifs is 1. The monoisotopic (exact) mass is 471 g/mol. The number of hydrogen-bond donors (Lipinski definition) is 1. The van der Waals surface area contributed by atoms with Crippen LogP contribution in [0.25, 0.3) is 21.6 Å². The number of carbonyl (C=O) groups is 1. The van der Waals surface area contributed by atoms with Gasteiger partial charge < -0.3 is 9.47 Å². The predicted molar refractivity (Wildman–Crippen MR) is 130 cm³/mol. The number of aromatic nitrogens is 4. The highest BCUT2D eigenvalue weighted by Crippen LogP contribution is 2.32. The number of rotatable bonds is 4. The van der Waals surface area contributed by atoms with E-state index in [2.05, 4.69) is 37.1 Å². The van der Waals surface area contributed by atoms with E-state index in [0.717, 1.165) is 31.6 Å². The van der Waals surface area contributed by atoms with Crippen LogP contribution in [0.2, 0.25) is 0 Å². The molecule has 0 bridgehead atoms. The van der Waals surface area contributed by atoms with Gasteiger partial charge in [-0.3, -0.25) is 15.1 Å². The standard InChI is InChI=1S/C25H21N5O3S/c1-32-21-5-3-2-4-18(21)20-15-26-11-8-19(20)23(31)30-25-29-22-24(34-25)28-17(14-27-22)7-6-16-9-12-33-13-10-16/h2-5,8,11,14-16H,9-10,12-13H2,1H3,(H,27,29,30,31). The first kappa shape index (κ1) is 21.9. The molecular formula is C25H21N5O3S. The molecule has 0 saturated carbocycles. The van der Waals surface area contributed by atoms with Gasteiger partial charge in [0.05, 0.1) is 18.9 Å². The molecule has 0 spiro atoms. The number of carbonyl (C=O) groups excluding carboxylic acids is 1. The summed E-state index contributed by atoms with van der Waals surface area (Å²) in [6.45, 7) is 1.50. The largest absolute Gasteiger partial charge is 0.496 e. The average Bonchev–Trinajstić information content (AvgIpc) is 3.29. The predicted octanol–water partition coefficient (Wildman–Crippen LogP) is 4.19. The molecule has 34 heavy (non-hydrogen) atoms. The first-order valence-electron chi connectivity index (χ1n) is 10.8. The molecule has 0 unspecified atom stereocenters. The van der Waals surface area contributed by atoms with E-state index in [9.17, 15) is 4.79 Å². The summed E-state index contributed by atoms with van der Waals surface area (Å²) < 4.78 is 10.8. The molecule has 1 N–H and O–H groups in total. The Morgan fingerprint density at radius 2 is 2.00 bits per heavy atom. The molecule has 9 heteroatoms. The molecule has 1 aliphatic rings. The number of methoxy groups -OCH3 is 1. The van der Waals surface area contributed by atoms with Crippen molar-refractivity contribution in [2.24, 2.45) is 5.92 Å². The van der Waals surface area contributed by atoms with Gasteiger partial charge in [-0.25, -0.2) is 9.97 Å². The summed E-state index contributed by atoms with van der Waals surface area (Å²) >= 11 is 1.26. The summed E-state index contributed by atoms with van der Waals surface area (Å²) in [5, 5.41) is 3.28.